The summed E-state index contributed by atoms with van der Waals surface area (Å²) in [6, 6.07) is 3.68. The third kappa shape index (κ3) is 2.10. The summed E-state index contributed by atoms with van der Waals surface area (Å²) in [6.07, 6.45) is -10.8. The minimum absolute atomic E-state index is 0.481. The molecule has 18 heavy (non-hydrogen) atoms. The molecule has 0 saturated heterocycles. The van der Waals surface area contributed by atoms with E-state index in [0.717, 1.165) is 18.2 Å². The van der Waals surface area contributed by atoms with Crippen LogP contribution in [0.3, 0.4) is 0 Å². The average Bonchev–Trinajstić information content (AvgIpc) is 2.24. The standard InChI is InChI=1S/C11H8F6O/c1-2-7-5-3-4-6-8(7)9(12,10(13,14)15)11(16,17)18/h2-6,18H,1H2. The molecule has 0 bridgehead atoms. The first kappa shape index (κ1) is 14.6. The number of alkyl halides is 6. The van der Waals surface area contributed by atoms with Gasteiger partial charge in [-0.1, -0.05) is 36.9 Å². The van der Waals surface area contributed by atoms with Gasteiger partial charge < -0.3 is 5.11 Å². The van der Waals surface area contributed by atoms with Crippen molar-refractivity contribution in [1.82, 2.24) is 0 Å². The molecular formula is C11H8F6O. The average molecular weight is 270 g/mol. The zero-order valence-corrected chi connectivity index (χ0v) is 8.81. The Balaban J connectivity index is 3.61. The molecule has 1 aromatic rings. The lowest BCUT2D eigenvalue weighted by Gasteiger charge is -2.32. The largest absolute Gasteiger partial charge is 0.435 e. The van der Waals surface area contributed by atoms with E-state index in [1.807, 2.05) is 0 Å². The van der Waals surface area contributed by atoms with Gasteiger partial charge in [-0.15, -0.1) is 0 Å². The third-order valence-corrected chi connectivity index (χ3v) is 2.36. The first-order chi connectivity index (χ1) is 8.05. The van der Waals surface area contributed by atoms with Crippen LogP contribution in [0.5, 0.6) is 0 Å². The van der Waals surface area contributed by atoms with Crippen molar-refractivity contribution < 1.29 is 31.4 Å². The molecule has 1 atom stereocenters. The minimum atomic E-state index is -5.98. The highest BCUT2D eigenvalue weighted by Crippen LogP contribution is 2.52. The predicted molar refractivity (Wildman–Crippen MR) is 52.5 cm³/mol. The summed E-state index contributed by atoms with van der Waals surface area (Å²) in [5.74, 6) is 0. The van der Waals surface area contributed by atoms with Crippen LogP contribution in [-0.2, 0) is 5.67 Å². The predicted octanol–water partition coefficient (Wildman–Crippen LogP) is 3.64. The second kappa shape index (κ2) is 4.31. The van der Waals surface area contributed by atoms with Crippen molar-refractivity contribution in [3.8, 4) is 0 Å². The molecule has 0 aliphatic rings. The maximum Gasteiger partial charge on any atom is 0.435 e. The first-order valence-corrected chi connectivity index (χ1v) is 4.63. The van der Waals surface area contributed by atoms with E-state index in [9.17, 15) is 26.3 Å². The third-order valence-electron chi connectivity index (χ3n) is 2.36. The summed E-state index contributed by atoms with van der Waals surface area (Å²) in [4.78, 5) is 0. The Bertz CT molecular complexity index is 432. The molecule has 0 amide bonds. The Morgan fingerprint density at radius 2 is 1.50 bits per heavy atom. The van der Waals surface area contributed by atoms with Crippen LogP contribution in [0.15, 0.2) is 30.8 Å². The van der Waals surface area contributed by atoms with Gasteiger partial charge in [0, 0.05) is 5.56 Å². The molecule has 0 spiro atoms. The van der Waals surface area contributed by atoms with Crippen LogP contribution >= 0.6 is 0 Å². The molecule has 0 aromatic heterocycles. The Hall–Kier alpha value is -1.50. The zero-order valence-electron chi connectivity index (χ0n) is 8.81. The lowest BCUT2D eigenvalue weighted by molar-refractivity contribution is -0.375. The van der Waals surface area contributed by atoms with Crippen LogP contribution < -0.4 is 0 Å². The topological polar surface area (TPSA) is 20.2 Å². The molecule has 0 radical (unpaired) electrons. The molecule has 0 saturated carbocycles. The first-order valence-electron chi connectivity index (χ1n) is 4.63. The van der Waals surface area contributed by atoms with Gasteiger partial charge in [0.05, 0.1) is 0 Å². The fourth-order valence-electron chi connectivity index (χ4n) is 1.47. The molecular weight excluding hydrogens is 262 g/mol. The van der Waals surface area contributed by atoms with E-state index in [1.54, 1.807) is 0 Å². The molecule has 1 N–H and O–H groups in total. The molecule has 1 nitrogen and oxygen atoms in total. The van der Waals surface area contributed by atoms with Gasteiger partial charge in [-0.2, -0.15) is 22.0 Å². The summed E-state index contributed by atoms with van der Waals surface area (Å²) >= 11 is 0. The molecule has 0 heterocycles. The monoisotopic (exact) mass is 270 g/mol. The van der Waals surface area contributed by atoms with E-state index < -0.39 is 29.1 Å². The maximum atomic E-state index is 13.8. The minimum Gasteiger partial charge on any atom is -0.333 e. The summed E-state index contributed by atoms with van der Waals surface area (Å²) < 4.78 is 76.9. The van der Waals surface area contributed by atoms with Gasteiger partial charge >= 0.3 is 18.0 Å². The highest BCUT2D eigenvalue weighted by molar-refractivity contribution is 5.54. The highest BCUT2D eigenvalue weighted by atomic mass is 19.4. The lowest BCUT2D eigenvalue weighted by Crippen LogP contribution is -2.53. The van der Waals surface area contributed by atoms with Crippen molar-refractivity contribution in [2.24, 2.45) is 0 Å². The van der Waals surface area contributed by atoms with Crippen molar-refractivity contribution in [3.63, 3.8) is 0 Å². The van der Waals surface area contributed by atoms with E-state index in [-0.39, 0.29) is 0 Å². The van der Waals surface area contributed by atoms with Gasteiger partial charge in [-0.05, 0) is 5.56 Å². The Labute approximate surface area is 98.4 Å². The fraction of sp³-hybridized carbons (Fsp3) is 0.273. The molecule has 0 fully saturated rings. The van der Waals surface area contributed by atoms with Gasteiger partial charge in [0.15, 0.2) is 0 Å². The van der Waals surface area contributed by atoms with Crippen molar-refractivity contribution in [1.29, 1.82) is 0 Å². The molecule has 7 heteroatoms. The lowest BCUT2D eigenvalue weighted by atomic mass is 9.89. The fourth-order valence-corrected chi connectivity index (χ4v) is 1.47. The second-order valence-electron chi connectivity index (χ2n) is 3.49. The van der Waals surface area contributed by atoms with Gasteiger partial charge in [0.1, 0.15) is 0 Å². The van der Waals surface area contributed by atoms with Crippen molar-refractivity contribution in [2.45, 2.75) is 18.0 Å². The quantitative estimate of drug-likeness (QED) is 0.831. The van der Waals surface area contributed by atoms with Crippen LogP contribution in [0, 0.1) is 0 Å². The molecule has 0 aliphatic heterocycles. The van der Waals surface area contributed by atoms with E-state index >= 15 is 0 Å². The number of halogens is 6. The summed E-state index contributed by atoms with van der Waals surface area (Å²) in [5, 5.41) is 8.28. The Morgan fingerprint density at radius 3 is 1.89 bits per heavy atom. The van der Waals surface area contributed by atoms with Gasteiger partial charge in [-0.25, -0.2) is 4.39 Å². The van der Waals surface area contributed by atoms with Gasteiger partial charge in [0.2, 0.25) is 0 Å². The SMILES string of the molecule is C=Cc1ccccc1C(F)(C(O)(F)F)C(F)(F)F. The van der Waals surface area contributed by atoms with Gasteiger partial charge in [0.25, 0.3) is 0 Å². The number of hydrogen-bond donors (Lipinski definition) is 1. The van der Waals surface area contributed by atoms with E-state index in [4.69, 9.17) is 5.11 Å². The number of hydrogen-bond acceptors (Lipinski definition) is 1. The van der Waals surface area contributed by atoms with Gasteiger partial charge in [-0.3, -0.25) is 0 Å². The zero-order chi connectivity index (χ0) is 14.2. The van der Waals surface area contributed by atoms with E-state index in [1.165, 1.54) is 6.07 Å². The number of rotatable bonds is 3. The maximum absolute atomic E-state index is 13.8. The normalized spacial score (nSPS) is 16.2. The van der Waals surface area contributed by atoms with Crippen molar-refractivity contribution >= 4 is 6.08 Å². The van der Waals surface area contributed by atoms with Crippen LogP contribution in [0.25, 0.3) is 6.08 Å². The molecule has 100 valence electrons. The Morgan fingerprint density at radius 1 is 1.00 bits per heavy atom. The smallest absolute Gasteiger partial charge is 0.333 e. The molecule has 1 aromatic carbocycles. The summed E-state index contributed by atoms with van der Waals surface area (Å²) in [5.41, 5.74) is -7.06. The molecule has 1 unspecified atom stereocenters. The molecule has 0 aliphatic carbocycles. The number of benzene rings is 1. The number of aliphatic hydroxyl groups is 1. The highest BCUT2D eigenvalue weighted by Gasteiger charge is 2.72. The van der Waals surface area contributed by atoms with Crippen molar-refractivity contribution in [3.05, 3.63) is 42.0 Å². The van der Waals surface area contributed by atoms with E-state index in [2.05, 4.69) is 6.58 Å². The van der Waals surface area contributed by atoms with Crippen LogP contribution in [-0.4, -0.2) is 17.4 Å². The van der Waals surface area contributed by atoms with Crippen LogP contribution in [0.2, 0.25) is 0 Å². The van der Waals surface area contributed by atoms with Crippen LogP contribution in [0.4, 0.5) is 26.3 Å². The van der Waals surface area contributed by atoms with Crippen LogP contribution in [0.1, 0.15) is 11.1 Å². The van der Waals surface area contributed by atoms with Crippen molar-refractivity contribution in [2.75, 3.05) is 0 Å². The Kier molecular flexibility index (Phi) is 3.49. The second-order valence-corrected chi connectivity index (χ2v) is 3.49. The molecule has 1 rings (SSSR count). The summed E-state index contributed by atoms with van der Waals surface area (Å²) in [7, 11) is 0. The summed E-state index contributed by atoms with van der Waals surface area (Å²) in [6.45, 7) is 3.11. The van der Waals surface area contributed by atoms with E-state index in [0.29, 0.717) is 6.07 Å².